The molecule has 0 amide bonds. The first kappa shape index (κ1) is 17.6. The molecule has 1 aromatic carbocycles. The fraction of sp³-hybridized carbons (Fsp3) is 0.176. The van der Waals surface area contributed by atoms with Crippen LogP contribution in [0.1, 0.15) is 5.69 Å². The lowest BCUT2D eigenvalue weighted by atomic mass is 10.3. The smallest absolute Gasteiger partial charge is 0.406 e. The summed E-state index contributed by atoms with van der Waals surface area (Å²) in [6.07, 6.45) is -0.263. The maximum Gasteiger partial charge on any atom is 0.573 e. The highest BCUT2D eigenvalue weighted by molar-refractivity contribution is 5.92. The summed E-state index contributed by atoms with van der Waals surface area (Å²) in [7, 11) is 0. The van der Waals surface area contributed by atoms with Gasteiger partial charge < -0.3 is 20.2 Å². The Kier molecular flexibility index (Phi) is 4.97. The number of imidazole rings is 1. The molecule has 3 rings (SSSR count). The molecule has 9 heteroatoms. The molecule has 136 valence electrons. The van der Waals surface area contributed by atoms with E-state index < -0.39 is 6.36 Å². The zero-order valence-corrected chi connectivity index (χ0v) is 13.6. The first-order chi connectivity index (χ1) is 12.4. The van der Waals surface area contributed by atoms with Gasteiger partial charge in [-0.25, -0.2) is 4.98 Å². The van der Waals surface area contributed by atoms with Crippen molar-refractivity contribution in [2.75, 3.05) is 11.9 Å². The Bertz CT molecular complexity index is 870. The molecule has 0 aliphatic rings. The van der Waals surface area contributed by atoms with E-state index in [0.717, 1.165) is 11.3 Å². The number of pyridine rings is 1. The number of hydrogen-bond donors (Lipinski definition) is 2. The zero-order chi connectivity index (χ0) is 18.6. The molecule has 0 spiro atoms. The Morgan fingerprint density at radius 1 is 1.19 bits per heavy atom. The number of ether oxygens (including phenoxy) is 1. The van der Waals surface area contributed by atoms with Crippen molar-refractivity contribution >= 4 is 17.3 Å². The Hall–Kier alpha value is -3.23. The molecule has 0 bridgehead atoms. The third-order valence-electron chi connectivity index (χ3n) is 3.42. The van der Waals surface area contributed by atoms with E-state index in [1.165, 1.54) is 24.3 Å². The minimum Gasteiger partial charge on any atom is -0.406 e. The summed E-state index contributed by atoms with van der Waals surface area (Å²) in [6, 6.07) is 11.0. The number of nitrogens with one attached hydrogen (secondary N) is 1. The van der Waals surface area contributed by atoms with Gasteiger partial charge in [-0.1, -0.05) is 6.07 Å². The van der Waals surface area contributed by atoms with Crippen molar-refractivity contribution < 1.29 is 17.9 Å². The van der Waals surface area contributed by atoms with Gasteiger partial charge >= 0.3 is 6.36 Å². The number of guanidine groups is 1. The van der Waals surface area contributed by atoms with E-state index in [-0.39, 0.29) is 11.7 Å². The summed E-state index contributed by atoms with van der Waals surface area (Å²) in [5.74, 6) is -0.135. The average Bonchev–Trinajstić information content (AvgIpc) is 2.98. The summed E-state index contributed by atoms with van der Waals surface area (Å²) in [5.41, 5.74) is 8.04. The molecule has 0 aliphatic heterocycles. The maximum atomic E-state index is 12.1. The van der Waals surface area contributed by atoms with Crippen LogP contribution in [0, 0.1) is 0 Å². The molecule has 0 unspecified atom stereocenters. The van der Waals surface area contributed by atoms with E-state index in [1.54, 1.807) is 0 Å². The molecule has 0 atom stereocenters. The van der Waals surface area contributed by atoms with Crippen molar-refractivity contribution in [1.82, 2.24) is 9.38 Å². The molecule has 2 aromatic heterocycles. The van der Waals surface area contributed by atoms with E-state index in [9.17, 15) is 13.2 Å². The van der Waals surface area contributed by atoms with Gasteiger partial charge in [0.15, 0.2) is 5.96 Å². The van der Waals surface area contributed by atoms with Crippen molar-refractivity contribution in [3.8, 4) is 5.75 Å². The van der Waals surface area contributed by atoms with Crippen LogP contribution in [0.5, 0.6) is 5.75 Å². The second-order valence-corrected chi connectivity index (χ2v) is 5.41. The van der Waals surface area contributed by atoms with E-state index in [2.05, 4.69) is 20.0 Å². The third-order valence-corrected chi connectivity index (χ3v) is 3.42. The Morgan fingerprint density at radius 2 is 1.96 bits per heavy atom. The number of halogens is 3. The van der Waals surface area contributed by atoms with Crippen LogP contribution < -0.4 is 15.8 Å². The maximum absolute atomic E-state index is 12.1. The molecular weight excluding hydrogens is 347 g/mol. The van der Waals surface area contributed by atoms with Crippen molar-refractivity contribution in [2.45, 2.75) is 12.8 Å². The summed E-state index contributed by atoms with van der Waals surface area (Å²) < 4.78 is 42.1. The number of fused-ring (bicyclic) bond motifs is 1. The van der Waals surface area contributed by atoms with Gasteiger partial charge in [0.1, 0.15) is 11.4 Å². The lowest BCUT2D eigenvalue weighted by Gasteiger charge is -2.10. The van der Waals surface area contributed by atoms with Gasteiger partial charge in [0.25, 0.3) is 0 Å². The van der Waals surface area contributed by atoms with Crippen LogP contribution in [0.3, 0.4) is 0 Å². The molecular formula is C17H16F3N5O. The van der Waals surface area contributed by atoms with Gasteiger partial charge in [0.2, 0.25) is 0 Å². The highest BCUT2D eigenvalue weighted by atomic mass is 19.4. The minimum atomic E-state index is -4.71. The number of benzene rings is 1. The summed E-state index contributed by atoms with van der Waals surface area (Å²) in [5, 5.41) is 2.81. The first-order valence-electron chi connectivity index (χ1n) is 7.74. The highest BCUT2D eigenvalue weighted by Crippen LogP contribution is 2.23. The normalized spacial score (nSPS) is 12.3. The topological polar surface area (TPSA) is 76.9 Å². The summed E-state index contributed by atoms with van der Waals surface area (Å²) >= 11 is 0. The second-order valence-electron chi connectivity index (χ2n) is 5.41. The van der Waals surface area contributed by atoms with Crippen molar-refractivity contribution in [1.29, 1.82) is 0 Å². The minimum absolute atomic E-state index is 0.165. The molecule has 0 fully saturated rings. The van der Waals surface area contributed by atoms with Gasteiger partial charge in [-0.3, -0.25) is 4.99 Å². The summed E-state index contributed by atoms with van der Waals surface area (Å²) in [4.78, 5) is 8.65. The Morgan fingerprint density at radius 3 is 2.65 bits per heavy atom. The average molecular weight is 363 g/mol. The number of aromatic nitrogens is 2. The predicted molar refractivity (Wildman–Crippen MR) is 92.1 cm³/mol. The molecule has 0 radical (unpaired) electrons. The number of rotatable bonds is 5. The van der Waals surface area contributed by atoms with Crippen LogP contribution in [0.2, 0.25) is 0 Å². The number of aliphatic imine (C=N–C) groups is 1. The first-order valence-corrected chi connectivity index (χ1v) is 7.74. The fourth-order valence-electron chi connectivity index (χ4n) is 2.33. The van der Waals surface area contributed by atoms with Gasteiger partial charge in [0.05, 0.1) is 5.69 Å². The molecule has 0 saturated heterocycles. The van der Waals surface area contributed by atoms with E-state index in [4.69, 9.17) is 5.73 Å². The number of nitrogens with two attached hydrogens (primary N) is 1. The number of nitrogens with zero attached hydrogens (tertiary/aromatic N) is 3. The van der Waals surface area contributed by atoms with Crippen LogP contribution in [0.25, 0.3) is 5.65 Å². The van der Waals surface area contributed by atoms with Gasteiger partial charge in [0, 0.05) is 31.0 Å². The van der Waals surface area contributed by atoms with Crippen molar-refractivity contribution in [2.24, 2.45) is 10.7 Å². The van der Waals surface area contributed by atoms with Gasteiger partial charge in [-0.15, -0.1) is 13.2 Å². The number of hydrogen-bond acceptors (Lipinski definition) is 3. The number of anilines is 1. The third kappa shape index (κ3) is 4.88. The quantitative estimate of drug-likeness (QED) is 0.539. The van der Waals surface area contributed by atoms with Crippen molar-refractivity contribution in [3.63, 3.8) is 0 Å². The molecule has 26 heavy (non-hydrogen) atoms. The van der Waals surface area contributed by atoms with Crippen LogP contribution in [0.4, 0.5) is 18.9 Å². The van der Waals surface area contributed by atoms with Crippen LogP contribution in [0.15, 0.2) is 59.9 Å². The molecule has 2 heterocycles. The van der Waals surface area contributed by atoms with E-state index >= 15 is 0 Å². The number of alkyl halides is 3. The van der Waals surface area contributed by atoms with Crippen LogP contribution in [-0.4, -0.2) is 28.3 Å². The predicted octanol–water partition coefficient (Wildman–Crippen LogP) is 3.20. The molecule has 3 aromatic rings. The molecule has 0 aliphatic carbocycles. The monoisotopic (exact) mass is 363 g/mol. The molecule has 0 saturated carbocycles. The van der Waals surface area contributed by atoms with Crippen molar-refractivity contribution in [3.05, 3.63) is 60.6 Å². The van der Waals surface area contributed by atoms with Gasteiger partial charge in [-0.05, 0) is 36.4 Å². The standard InChI is InChI=1S/C17H16F3N5O/c18-17(19,20)26-14-6-4-12(5-7-14)24-16(21)22-9-8-13-11-25-10-2-1-3-15(25)23-13/h1-7,10-11H,8-9H2,(H3,21,22,24). The van der Waals surface area contributed by atoms with E-state index in [0.29, 0.717) is 18.7 Å². The SMILES string of the molecule is NC(=NCCc1cn2ccccc2n1)Nc1ccc(OC(F)(F)F)cc1. The van der Waals surface area contributed by atoms with Crippen LogP contribution in [-0.2, 0) is 6.42 Å². The molecule has 6 nitrogen and oxygen atoms in total. The van der Waals surface area contributed by atoms with Crippen LogP contribution >= 0.6 is 0 Å². The second kappa shape index (κ2) is 7.34. The molecule has 3 N–H and O–H groups in total. The summed E-state index contributed by atoms with van der Waals surface area (Å²) in [6.45, 7) is 0.429. The fourth-order valence-corrected chi connectivity index (χ4v) is 2.33. The largest absolute Gasteiger partial charge is 0.573 e. The Labute approximate surface area is 147 Å². The Balaban J connectivity index is 1.53. The lowest BCUT2D eigenvalue weighted by Crippen LogP contribution is -2.23. The zero-order valence-electron chi connectivity index (χ0n) is 13.6. The lowest BCUT2D eigenvalue weighted by molar-refractivity contribution is -0.274. The highest BCUT2D eigenvalue weighted by Gasteiger charge is 2.30. The van der Waals surface area contributed by atoms with Gasteiger partial charge in [-0.2, -0.15) is 0 Å². The van der Waals surface area contributed by atoms with E-state index in [1.807, 2.05) is 35.0 Å².